The minimum atomic E-state index is -4.44. The van der Waals surface area contributed by atoms with Gasteiger partial charge < -0.3 is 20.1 Å². The Morgan fingerprint density at radius 1 is 1.29 bits per heavy atom. The van der Waals surface area contributed by atoms with Gasteiger partial charge in [-0.25, -0.2) is 0 Å². The smallest absolute Gasteiger partial charge is 0.406 e. The SMILES string of the molecule is CCCNc1nc(OC)nc(N(CCO)CC(F)(F)F)n1. The maximum absolute atomic E-state index is 12.6. The minimum Gasteiger partial charge on any atom is -0.467 e. The number of alkyl halides is 3. The van der Waals surface area contributed by atoms with Crippen LogP contribution in [0.1, 0.15) is 13.3 Å². The van der Waals surface area contributed by atoms with Crippen LogP contribution in [0.15, 0.2) is 0 Å². The third kappa shape index (κ3) is 5.98. The second-order valence-corrected chi connectivity index (χ2v) is 4.13. The molecule has 10 heteroatoms. The predicted molar refractivity (Wildman–Crippen MR) is 70.5 cm³/mol. The van der Waals surface area contributed by atoms with E-state index in [1.807, 2.05) is 6.92 Å². The highest BCUT2D eigenvalue weighted by Crippen LogP contribution is 2.21. The summed E-state index contributed by atoms with van der Waals surface area (Å²) in [5.41, 5.74) is 0. The quantitative estimate of drug-likeness (QED) is 0.743. The number of nitrogens with one attached hydrogen (secondary N) is 1. The fourth-order valence-corrected chi connectivity index (χ4v) is 1.48. The maximum Gasteiger partial charge on any atom is 0.406 e. The summed E-state index contributed by atoms with van der Waals surface area (Å²) in [6, 6.07) is -0.0938. The molecule has 0 fully saturated rings. The number of aromatic nitrogens is 3. The third-order valence-electron chi connectivity index (χ3n) is 2.34. The second-order valence-electron chi connectivity index (χ2n) is 4.13. The first-order chi connectivity index (χ1) is 9.89. The van der Waals surface area contributed by atoms with Gasteiger partial charge in [0, 0.05) is 13.1 Å². The van der Waals surface area contributed by atoms with Crippen LogP contribution >= 0.6 is 0 Å². The van der Waals surface area contributed by atoms with E-state index in [-0.39, 0.29) is 24.5 Å². The molecule has 7 nitrogen and oxygen atoms in total. The molecule has 0 atom stereocenters. The normalized spacial score (nSPS) is 11.3. The molecule has 0 unspecified atom stereocenters. The topological polar surface area (TPSA) is 83.4 Å². The molecule has 1 heterocycles. The van der Waals surface area contributed by atoms with E-state index in [9.17, 15) is 13.2 Å². The molecule has 1 aromatic rings. The van der Waals surface area contributed by atoms with Crippen LogP contribution in [0.25, 0.3) is 0 Å². The second kappa shape index (κ2) is 7.81. The largest absolute Gasteiger partial charge is 0.467 e. The van der Waals surface area contributed by atoms with Gasteiger partial charge in [-0.15, -0.1) is 0 Å². The minimum absolute atomic E-state index is 0.0938. The Labute approximate surface area is 120 Å². The number of halogens is 3. The summed E-state index contributed by atoms with van der Waals surface area (Å²) in [5.74, 6) is -0.0735. The van der Waals surface area contributed by atoms with Gasteiger partial charge in [0.15, 0.2) is 0 Å². The van der Waals surface area contributed by atoms with Gasteiger partial charge in [0.05, 0.1) is 13.7 Å². The highest BCUT2D eigenvalue weighted by Gasteiger charge is 2.32. The molecule has 0 amide bonds. The first kappa shape index (κ1) is 17.2. The number of aliphatic hydroxyl groups is 1. The van der Waals surface area contributed by atoms with Crippen molar-refractivity contribution < 1.29 is 23.0 Å². The highest BCUT2D eigenvalue weighted by molar-refractivity contribution is 5.38. The van der Waals surface area contributed by atoms with E-state index in [4.69, 9.17) is 9.84 Å². The van der Waals surface area contributed by atoms with Crippen LogP contribution in [-0.4, -0.2) is 59.6 Å². The van der Waals surface area contributed by atoms with Crippen LogP contribution in [0.5, 0.6) is 6.01 Å². The predicted octanol–water partition coefficient (Wildman–Crippen LogP) is 1.06. The number of methoxy groups -OCH3 is 1. The monoisotopic (exact) mass is 309 g/mol. The van der Waals surface area contributed by atoms with E-state index in [1.165, 1.54) is 7.11 Å². The summed E-state index contributed by atoms with van der Waals surface area (Å²) in [6.07, 6.45) is -3.64. The fraction of sp³-hybridized carbons (Fsp3) is 0.727. The van der Waals surface area contributed by atoms with E-state index in [0.29, 0.717) is 6.54 Å². The van der Waals surface area contributed by atoms with Gasteiger partial charge >= 0.3 is 12.2 Å². The summed E-state index contributed by atoms with van der Waals surface area (Å²) in [6.45, 7) is 0.509. The van der Waals surface area contributed by atoms with Crippen LogP contribution in [0, 0.1) is 0 Å². The Hall–Kier alpha value is -1.84. The summed E-state index contributed by atoms with van der Waals surface area (Å²) in [7, 11) is 1.31. The van der Waals surface area contributed by atoms with E-state index in [0.717, 1.165) is 11.3 Å². The van der Waals surface area contributed by atoms with E-state index < -0.39 is 19.3 Å². The molecule has 0 aromatic carbocycles. The molecule has 0 radical (unpaired) electrons. The molecule has 120 valence electrons. The molecular weight excluding hydrogens is 291 g/mol. The lowest BCUT2D eigenvalue weighted by Gasteiger charge is -2.23. The molecule has 0 aliphatic heterocycles. The number of aliphatic hydroxyl groups excluding tert-OH is 1. The van der Waals surface area contributed by atoms with Gasteiger partial charge in [-0.2, -0.15) is 28.1 Å². The van der Waals surface area contributed by atoms with Crippen LogP contribution in [-0.2, 0) is 0 Å². The van der Waals surface area contributed by atoms with Crippen molar-refractivity contribution in [3.63, 3.8) is 0 Å². The van der Waals surface area contributed by atoms with Crippen molar-refractivity contribution in [1.82, 2.24) is 15.0 Å². The molecule has 0 bridgehead atoms. The van der Waals surface area contributed by atoms with Gasteiger partial charge in [0.25, 0.3) is 0 Å². The van der Waals surface area contributed by atoms with Crippen molar-refractivity contribution in [3.8, 4) is 6.01 Å². The highest BCUT2D eigenvalue weighted by atomic mass is 19.4. The zero-order valence-corrected chi connectivity index (χ0v) is 11.8. The van der Waals surface area contributed by atoms with Crippen molar-refractivity contribution in [1.29, 1.82) is 0 Å². The average molecular weight is 309 g/mol. The Morgan fingerprint density at radius 2 is 2.00 bits per heavy atom. The third-order valence-corrected chi connectivity index (χ3v) is 2.34. The molecule has 0 saturated heterocycles. The van der Waals surface area contributed by atoms with Gasteiger partial charge in [0.1, 0.15) is 6.54 Å². The van der Waals surface area contributed by atoms with Crippen molar-refractivity contribution >= 4 is 11.9 Å². The first-order valence-electron chi connectivity index (χ1n) is 6.36. The molecule has 0 saturated carbocycles. The zero-order chi connectivity index (χ0) is 15.9. The van der Waals surface area contributed by atoms with Crippen molar-refractivity contribution in [3.05, 3.63) is 0 Å². The van der Waals surface area contributed by atoms with Gasteiger partial charge in [0.2, 0.25) is 11.9 Å². The van der Waals surface area contributed by atoms with Gasteiger partial charge in [-0.3, -0.25) is 0 Å². The average Bonchev–Trinajstić information content (AvgIpc) is 2.43. The first-order valence-corrected chi connectivity index (χ1v) is 6.36. The summed E-state index contributed by atoms with van der Waals surface area (Å²) >= 11 is 0. The molecule has 1 rings (SSSR count). The number of nitrogens with zero attached hydrogens (tertiary/aromatic N) is 4. The van der Waals surface area contributed by atoms with Crippen LogP contribution < -0.4 is 15.0 Å². The number of ether oxygens (including phenoxy) is 1. The zero-order valence-electron chi connectivity index (χ0n) is 11.8. The summed E-state index contributed by atoms with van der Waals surface area (Å²) in [4.78, 5) is 12.4. The summed E-state index contributed by atoms with van der Waals surface area (Å²) in [5, 5.41) is 11.8. The molecule has 21 heavy (non-hydrogen) atoms. The molecule has 2 N–H and O–H groups in total. The Balaban J connectivity index is 3.04. The van der Waals surface area contributed by atoms with E-state index in [1.54, 1.807) is 0 Å². The summed E-state index contributed by atoms with van der Waals surface area (Å²) < 4.78 is 42.5. The molecule has 1 aromatic heterocycles. The van der Waals surface area contributed by atoms with Crippen LogP contribution in [0.4, 0.5) is 25.1 Å². The van der Waals surface area contributed by atoms with Gasteiger partial charge in [-0.05, 0) is 6.42 Å². The lowest BCUT2D eigenvalue weighted by atomic mass is 10.5. The molecule has 0 aliphatic carbocycles. The maximum atomic E-state index is 12.6. The van der Waals surface area contributed by atoms with Crippen molar-refractivity contribution in [2.45, 2.75) is 19.5 Å². The van der Waals surface area contributed by atoms with Gasteiger partial charge in [-0.1, -0.05) is 6.92 Å². The Bertz CT molecular complexity index is 444. The van der Waals surface area contributed by atoms with E-state index in [2.05, 4.69) is 20.3 Å². The van der Waals surface area contributed by atoms with Crippen LogP contribution in [0.3, 0.4) is 0 Å². The molecule has 0 aliphatic rings. The standard InChI is InChI=1S/C11H18F3N5O2/c1-3-4-15-8-16-9(18-10(17-8)21-2)19(5-6-20)7-11(12,13)14/h20H,3-7H2,1-2H3,(H,15,16,17,18). The Morgan fingerprint density at radius 3 is 2.52 bits per heavy atom. The molecular formula is C11H18F3N5O2. The number of hydrogen-bond donors (Lipinski definition) is 2. The van der Waals surface area contributed by atoms with Crippen LogP contribution in [0.2, 0.25) is 0 Å². The van der Waals surface area contributed by atoms with Crippen molar-refractivity contribution in [2.24, 2.45) is 0 Å². The fourth-order valence-electron chi connectivity index (χ4n) is 1.48. The number of anilines is 2. The Kier molecular flexibility index (Phi) is 6.40. The lowest BCUT2D eigenvalue weighted by Crippen LogP contribution is -2.37. The molecule has 0 spiro atoms. The lowest BCUT2D eigenvalue weighted by molar-refractivity contribution is -0.120. The number of hydrogen-bond acceptors (Lipinski definition) is 7. The van der Waals surface area contributed by atoms with E-state index >= 15 is 0 Å². The van der Waals surface area contributed by atoms with Crippen molar-refractivity contribution in [2.75, 3.05) is 43.6 Å². The number of rotatable bonds is 8.